The minimum Gasteiger partial charge on any atom is -0.382 e. The van der Waals surface area contributed by atoms with Gasteiger partial charge in [0.05, 0.1) is 11.1 Å². The first-order chi connectivity index (χ1) is 7.65. The number of halogens is 2. The third kappa shape index (κ3) is 2.86. The Kier molecular flexibility index (Phi) is 3.66. The Morgan fingerprint density at radius 2 is 2.31 bits per heavy atom. The molecule has 88 valence electrons. The van der Waals surface area contributed by atoms with Crippen LogP contribution in [0.4, 0.5) is 10.1 Å². The molecule has 1 heterocycles. The lowest BCUT2D eigenvalue weighted by atomic mass is 10.0. The number of anilines is 1. The van der Waals surface area contributed by atoms with Crippen molar-refractivity contribution in [3.63, 3.8) is 0 Å². The largest absolute Gasteiger partial charge is 0.382 e. The summed E-state index contributed by atoms with van der Waals surface area (Å²) in [6.45, 7) is 2.83. The molecule has 1 aliphatic heterocycles. The maximum absolute atomic E-state index is 13.0. The summed E-state index contributed by atoms with van der Waals surface area (Å²) >= 11 is 5.72. The fourth-order valence-corrected chi connectivity index (χ4v) is 2.13. The topological polar surface area (TPSA) is 21.3 Å². The van der Waals surface area contributed by atoms with E-state index in [-0.39, 0.29) is 16.9 Å². The molecule has 0 amide bonds. The van der Waals surface area contributed by atoms with Crippen molar-refractivity contribution in [3.8, 4) is 0 Å². The molecule has 1 fully saturated rings. The summed E-state index contributed by atoms with van der Waals surface area (Å²) < 4.78 is 18.4. The van der Waals surface area contributed by atoms with Crippen molar-refractivity contribution in [2.24, 2.45) is 0 Å². The van der Waals surface area contributed by atoms with E-state index in [0.717, 1.165) is 25.1 Å². The summed E-state index contributed by atoms with van der Waals surface area (Å²) in [5, 5.41) is 3.51. The second kappa shape index (κ2) is 5.02. The molecule has 4 heteroatoms. The molecule has 2 nitrogen and oxygen atoms in total. The zero-order valence-electron chi connectivity index (χ0n) is 9.17. The van der Waals surface area contributed by atoms with Gasteiger partial charge in [-0.25, -0.2) is 4.39 Å². The van der Waals surface area contributed by atoms with Gasteiger partial charge in [0.15, 0.2) is 0 Å². The first-order valence-electron chi connectivity index (χ1n) is 5.48. The molecule has 0 aromatic heterocycles. The van der Waals surface area contributed by atoms with Crippen LogP contribution in [-0.2, 0) is 4.74 Å². The lowest BCUT2D eigenvalue weighted by Crippen LogP contribution is -2.32. The van der Waals surface area contributed by atoms with Gasteiger partial charge in [-0.2, -0.15) is 0 Å². The van der Waals surface area contributed by atoms with Crippen LogP contribution in [0.2, 0.25) is 5.02 Å². The van der Waals surface area contributed by atoms with E-state index in [1.54, 1.807) is 12.1 Å². The molecule has 1 aromatic carbocycles. The fourth-order valence-electron chi connectivity index (χ4n) is 1.95. The molecule has 0 aliphatic carbocycles. The van der Waals surface area contributed by atoms with Gasteiger partial charge in [0.1, 0.15) is 5.82 Å². The summed E-state index contributed by atoms with van der Waals surface area (Å²) in [6, 6.07) is 5.09. The van der Waals surface area contributed by atoms with Gasteiger partial charge in [-0.1, -0.05) is 11.6 Å². The first kappa shape index (κ1) is 11.7. The standard InChI is InChI=1S/C12H15ClFNO/c1-8-6-10(4-5-16-8)15-9-2-3-12(14)11(13)7-9/h2-3,7-8,10,15H,4-6H2,1H3. The SMILES string of the molecule is CC1CC(Nc2ccc(F)c(Cl)c2)CCO1. The molecule has 0 bridgehead atoms. The quantitative estimate of drug-likeness (QED) is 0.859. The fraction of sp³-hybridized carbons (Fsp3) is 0.500. The van der Waals surface area contributed by atoms with Crippen LogP contribution in [0.15, 0.2) is 18.2 Å². The van der Waals surface area contributed by atoms with Gasteiger partial charge in [0.25, 0.3) is 0 Å². The van der Waals surface area contributed by atoms with Gasteiger partial charge < -0.3 is 10.1 Å². The second-order valence-corrected chi connectivity index (χ2v) is 4.58. The van der Waals surface area contributed by atoms with Crippen molar-refractivity contribution in [2.75, 3.05) is 11.9 Å². The monoisotopic (exact) mass is 243 g/mol. The van der Waals surface area contributed by atoms with E-state index in [2.05, 4.69) is 12.2 Å². The lowest BCUT2D eigenvalue weighted by molar-refractivity contribution is 0.0232. The highest BCUT2D eigenvalue weighted by atomic mass is 35.5. The molecular weight excluding hydrogens is 229 g/mol. The Hall–Kier alpha value is -0.800. The number of hydrogen-bond acceptors (Lipinski definition) is 2. The van der Waals surface area contributed by atoms with E-state index in [9.17, 15) is 4.39 Å². The first-order valence-corrected chi connectivity index (χ1v) is 5.86. The summed E-state index contributed by atoms with van der Waals surface area (Å²) in [6.07, 6.45) is 2.22. The summed E-state index contributed by atoms with van der Waals surface area (Å²) in [5.41, 5.74) is 0.866. The average molecular weight is 244 g/mol. The van der Waals surface area contributed by atoms with E-state index < -0.39 is 0 Å². The van der Waals surface area contributed by atoms with E-state index >= 15 is 0 Å². The van der Waals surface area contributed by atoms with E-state index in [0.29, 0.717) is 6.04 Å². The number of hydrogen-bond donors (Lipinski definition) is 1. The molecule has 1 aliphatic rings. The summed E-state index contributed by atoms with van der Waals surface area (Å²) in [5.74, 6) is -0.382. The van der Waals surface area contributed by atoms with Crippen molar-refractivity contribution in [1.29, 1.82) is 0 Å². The molecule has 0 radical (unpaired) electrons. The molecule has 1 saturated heterocycles. The highest BCUT2D eigenvalue weighted by Gasteiger charge is 2.19. The third-order valence-corrected chi connectivity index (χ3v) is 3.07. The van der Waals surface area contributed by atoms with Gasteiger partial charge in [0, 0.05) is 18.3 Å². The number of ether oxygens (including phenoxy) is 1. The molecule has 16 heavy (non-hydrogen) atoms. The summed E-state index contributed by atoms with van der Waals surface area (Å²) in [7, 11) is 0. The van der Waals surface area contributed by atoms with Crippen LogP contribution in [0.1, 0.15) is 19.8 Å². The van der Waals surface area contributed by atoms with Crippen LogP contribution in [-0.4, -0.2) is 18.8 Å². The van der Waals surface area contributed by atoms with E-state index in [1.165, 1.54) is 6.07 Å². The molecule has 1 N–H and O–H groups in total. The number of benzene rings is 1. The molecule has 0 saturated carbocycles. The van der Waals surface area contributed by atoms with Crippen molar-refractivity contribution in [2.45, 2.75) is 31.9 Å². The minimum atomic E-state index is -0.382. The van der Waals surface area contributed by atoms with Gasteiger partial charge in [-0.15, -0.1) is 0 Å². The Labute approximate surface area is 99.7 Å². The predicted octanol–water partition coefficient (Wildman–Crippen LogP) is 3.46. The zero-order valence-corrected chi connectivity index (χ0v) is 9.93. The maximum Gasteiger partial charge on any atom is 0.141 e. The highest BCUT2D eigenvalue weighted by Crippen LogP contribution is 2.23. The smallest absolute Gasteiger partial charge is 0.141 e. The Balaban J connectivity index is 2.00. The van der Waals surface area contributed by atoms with Crippen LogP contribution in [0.3, 0.4) is 0 Å². The molecule has 2 rings (SSSR count). The van der Waals surface area contributed by atoms with Crippen molar-refractivity contribution in [3.05, 3.63) is 29.0 Å². The van der Waals surface area contributed by atoms with Crippen LogP contribution in [0.25, 0.3) is 0 Å². The van der Waals surface area contributed by atoms with Gasteiger partial charge in [-0.3, -0.25) is 0 Å². The molecule has 0 spiro atoms. The van der Waals surface area contributed by atoms with E-state index in [1.807, 2.05) is 0 Å². The van der Waals surface area contributed by atoms with Gasteiger partial charge in [0.2, 0.25) is 0 Å². The Morgan fingerprint density at radius 1 is 1.50 bits per heavy atom. The van der Waals surface area contributed by atoms with Crippen molar-refractivity contribution in [1.82, 2.24) is 0 Å². The normalized spacial score (nSPS) is 25.4. The van der Waals surface area contributed by atoms with Gasteiger partial charge >= 0.3 is 0 Å². The maximum atomic E-state index is 13.0. The predicted molar refractivity (Wildman–Crippen MR) is 63.5 cm³/mol. The van der Waals surface area contributed by atoms with Crippen LogP contribution >= 0.6 is 11.6 Å². The highest BCUT2D eigenvalue weighted by molar-refractivity contribution is 6.31. The number of rotatable bonds is 2. The molecular formula is C12H15ClFNO. The molecule has 2 atom stereocenters. The van der Waals surface area contributed by atoms with Crippen LogP contribution < -0.4 is 5.32 Å². The van der Waals surface area contributed by atoms with Crippen molar-refractivity contribution >= 4 is 17.3 Å². The Morgan fingerprint density at radius 3 is 3.00 bits per heavy atom. The minimum absolute atomic E-state index is 0.158. The average Bonchev–Trinajstić information content (AvgIpc) is 2.24. The second-order valence-electron chi connectivity index (χ2n) is 4.18. The summed E-state index contributed by atoms with van der Waals surface area (Å²) in [4.78, 5) is 0. The molecule has 2 unspecified atom stereocenters. The zero-order chi connectivity index (χ0) is 11.5. The van der Waals surface area contributed by atoms with E-state index in [4.69, 9.17) is 16.3 Å². The number of nitrogens with one attached hydrogen (secondary N) is 1. The van der Waals surface area contributed by atoms with Crippen molar-refractivity contribution < 1.29 is 9.13 Å². The molecule has 1 aromatic rings. The van der Waals surface area contributed by atoms with Crippen LogP contribution in [0, 0.1) is 5.82 Å². The third-order valence-electron chi connectivity index (χ3n) is 2.78. The van der Waals surface area contributed by atoms with Crippen LogP contribution in [0.5, 0.6) is 0 Å². The Bertz CT molecular complexity index is 372. The lowest BCUT2D eigenvalue weighted by Gasteiger charge is -2.28. The van der Waals surface area contributed by atoms with Gasteiger partial charge in [-0.05, 0) is 38.0 Å².